The van der Waals surface area contributed by atoms with Gasteiger partial charge in [0.1, 0.15) is 0 Å². The van der Waals surface area contributed by atoms with Gasteiger partial charge in [-0.05, 0) is 0 Å². The third-order valence-corrected chi connectivity index (χ3v) is 0. The van der Waals surface area contributed by atoms with Gasteiger partial charge in [-0.15, -0.1) is 0 Å². The first-order valence-corrected chi connectivity index (χ1v) is 0. The normalized spacial score (nSPS) is 0. The van der Waals surface area contributed by atoms with Gasteiger partial charge in [-0.2, -0.15) is 0 Å². The van der Waals surface area contributed by atoms with E-state index in [1.54, 1.807) is 0 Å². The van der Waals surface area contributed by atoms with Crippen LogP contribution in [0.3, 0.4) is 0 Å². The predicted molar refractivity (Wildman–Crippen MR) is 22.4 cm³/mol. The summed E-state index contributed by atoms with van der Waals surface area (Å²) in [5.74, 6) is 0. The fourth-order valence-corrected chi connectivity index (χ4v) is 0. The smallest absolute Gasteiger partial charge is 1.00 e. The van der Waals surface area contributed by atoms with Crippen LogP contribution in [0.15, 0.2) is 0 Å². The van der Waals surface area contributed by atoms with Crippen LogP contribution < -0.4 is 0 Å². The van der Waals surface area contributed by atoms with E-state index in [0.717, 1.165) is 0 Å². The van der Waals surface area contributed by atoms with Crippen molar-refractivity contribution in [3.63, 3.8) is 0 Å². The number of hydrogen-bond donors (Lipinski definition) is 0. The Morgan fingerprint density at radius 2 is 0.714 bits per heavy atom. The Morgan fingerprint density at radius 3 is 0.714 bits per heavy atom. The van der Waals surface area contributed by atoms with Crippen LogP contribution in [-0.2, 0) is 21.7 Å². The largest absolute Gasteiger partial charge is 2.00 e. The molecular weight excluding hydrogens is 338 g/mol. The molecule has 0 aliphatic carbocycles. The fraction of sp³-hybridized carbons (Fsp3) is 0. The Hall–Kier alpha value is 3.23. The molecule has 0 unspecified atom stereocenters. The average molecular weight is 348 g/mol. The van der Waals surface area contributed by atoms with Crippen molar-refractivity contribution in [1.29, 1.82) is 0 Å². The second kappa shape index (κ2) is 59.9. The van der Waals surface area contributed by atoms with Crippen LogP contribution in [0.4, 0.5) is 0 Å². The molecule has 0 bridgehead atoms. The molecule has 0 aliphatic heterocycles. The molecular formula is H10LaO4SrTi. The molecule has 1 radical (unpaired) electrons. The SMILES string of the molecule is O.O.O.O.[H-].[H-].[La].[Sr+2].[Ti]. The first kappa shape index (κ1) is 83.5. The zero-order valence-electron chi connectivity index (χ0n) is 5.78. The van der Waals surface area contributed by atoms with Crippen molar-refractivity contribution < 1.29 is 82.1 Å². The Balaban J connectivity index is 0. The van der Waals surface area contributed by atoms with Crippen LogP contribution in [0.1, 0.15) is 2.85 Å². The van der Waals surface area contributed by atoms with Crippen molar-refractivity contribution in [3.05, 3.63) is 0 Å². The molecule has 7 heavy (non-hydrogen) atoms. The van der Waals surface area contributed by atoms with Gasteiger partial charge in [-0.25, -0.2) is 0 Å². The van der Waals surface area contributed by atoms with Crippen LogP contribution in [0.2, 0.25) is 0 Å². The summed E-state index contributed by atoms with van der Waals surface area (Å²) in [7, 11) is 0. The molecule has 0 aromatic heterocycles. The standard InChI is InChI=1S/La.4H2O.Sr.Ti.2H/h;4*1H2;;;;/q;;;;;+2;;2*-1. The third-order valence-electron chi connectivity index (χ3n) is 0. The van der Waals surface area contributed by atoms with E-state index in [1.165, 1.54) is 0 Å². The van der Waals surface area contributed by atoms with E-state index in [2.05, 4.69) is 0 Å². The van der Waals surface area contributed by atoms with E-state index < -0.39 is 0 Å². The summed E-state index contributed by atoms with van der Waals surface area (Å²) in [5.41, 5.74) is 0. The Morgan fingerprint density at radius 1 is 0.714 bits per heavy atom. The predicted octanol–water partition coefficient (Wildman–Crippen LogP) is -3.46. The molecule has 0 spiro atoms. The maximum atomic E-state index is 0. The minimum atomic E-state index is 0. The van der Waals surface area contributed by atoms with Gasteiger partial charge in [0.05, 0.1) is 0 Å². The summed E-state index contributed by atoms with van der Waals surface area (Å²) in [6.07, 6.45) is 0. The van der Waals surface area contributed by atoms with Gasteiger partial charge < -0.3 is 24.8 Å². The molecule has 0 heterocycles. The summed E-state index contributed by atoms with van der Waals surface area (Å²) >= 11 is 0. The quantitative estimate of drug-likeness (QED) is 0.404. The van der Waals surface area contributed by atoms with Crippen LogP contribution in [0.25, 0.3) is 0 Å². The van der Waals surface area contributed by atoms with Gasteiger partial charge in [-0.3, -0.25) is 0 Å². The molecule has 0 rings (SSSR count). The van der Waals surface area contributed by atoms with Crippen molar-refractivity contribution in [3.8, 4) is 0 Å². The van der Waals surface area contributed by atoms with Crippen molar-refractivity contribution in [2.75, 3.05) is 0 Å². The monoisotopic (exact) mass is 349 g/mol. The number of hydrogen-bond acceptors (Lipinski definition) is 0. The van der Waals surface area contributed by atoms with Crippen molar-refractivity contribution >= 4 is 45.5 Å². The first-order chi connectivity index (χ1) is 0. The zero-order valence-corrected chi connectivity index (χ0v) is 12.4. The van der Waals surface area contributed by atoms with E-state index >= 15 is 0 Å². The summed E-state index contributed by atoms with van der Waals surface area (Å²) in [5, 5.41) is 0. The van der Waals surface area contributed by atoms with Gasteiger partial charge in [0.25, 0.3) is 0 Å². The van der Waals surface area contributed by atoms with E-state index in [9.17, 15) is 0 Å². The maximum absolute atomic E-state index is 0. The Bertz CT molecular complexity index is 18.5. The van der Waals surface area contributed by atoms with Crippen LogP contribution >= 0.6 is 0 Å². The molecule has 0 saturated heterocycles. The molecule has 0 amide bonds. The van der Waals surface area contributed by atoms with E-state index in [-0.39, 0.29) is 128 Å². The van der Waals surface area contributed by atoms with E-state index in [4.69, 9.17) is 0 Å². The molecule has 0 saturated carbocycles. The van der Waals surface area contributed by atoms with Crippen LogP contribution in [0, 0.1) is 35.6 Å². The summed E-state index contributed by atoms with van der Waals surface area (Å²) in [6, 6.07) is 0. The first-order valence-electron chi connectivity index (χ1n) is 0. The topological polar surface area (TPSA) is 126 Å². The molecule has 8 N–H and O–H groups in total. The van der Waals surface area contributed by atoms with Gasteiger partial charge in [0, 0.05) is 57.3 Å². The minimum Gasteiger partial charge on any atom is -1.00 e. The van der Waals surface area contributed by atoms with Gasteiger partial charge >= 0.3 is 45.5 Å². The third kappa shape index (κ3) is 46.3. The second-order valence-corrected chi connectivity index (χ2v) is 0. The molecule has 7 heteroatoms. The second-order valence-electron chi connectivity index (χ2n) is 0. The van der Waals surface area contributed by atoms with E-state index in [0.29, 0.717) is 0 Å². The molecule has 0 fully saturated rings. The van der Waals surface area contributed by atoms with E-state index in [1.807, 2.05) is 0 Å². The summed E-state index contributed by atoms with van der Waals surface area (Å²) < 4.78 is 0. The zero-order chi connectivity index (χ0) is 0. The molecule has 0 aromatic carbocycles. The van der Waals surface area contributed by atoms with Crippen LogP contribution in [0.5, 0.6) is 0 Å². The Kier molecular flexibility index (Phi) is 715. The van der Waals surface area contributed by atoms with Gasteiger partial charge in [0.15, 0.2) is 0 Å². The van der Waals surface area contributed by atoms with Crippen molar-refractivity contribution in [2.24, 2.45) is 0 Å². The molecule has 0 aromatic rings. The molecule has 0 aliphatic rings. The van der Waals surface area contributed by atoms with Crippen molar-refractivity contribution in [2.45, 2.75) is 0 Å². The Labute approximate surface area is 125 Å². The minimum absolute atomic E-state index is 0. The van der Waals surface area contributed by atoms with Crippen LogP contribution in [-0.4, -0.2) is 67.4 Å². The molecule has 0 atom stereocenters. The van der Waals surface area contributed by atoms with Crippen molar-refractivity contribution in [1.82, 2.24) is 0 Å². The maximum Gasteiger partial charge on any atom is 2.00 e. The van der Waals surface area contributed by atoms with Gasteiger partial charge in [0.2, 0.25) is 0 Å². The molecule has 4 nitrogen and oxygen atoms in total. The number of rotatable bonds is 0. The summed E-state index contributed by atoms with van der Waals surface area (Å²) in [6.45, 7) is 0. The average Bonchev–Trinajstić information content (AvgIpc) is 0. The molecule has 43 valence electrons. The summed E-state index contributed by atoms with van der Waals surface area (Å²) in [4.78, 5) is 0. The van der Waals surface area contributed by atoms with Gasteiger partial charge in [-0.1, -0.05) is 0 Å². The fourth-order valence-electron chi connectivity index (χ4n) is 0.